The Balaban J connectivity index is 2.27. The number of aryl methyl sites for hydroxylation is 1. The summed E-state index contributed by atoms with van der Waals surface area (Å²) in [7, 11) is -0.500. The molecule has 0 saturated carbocycles. The summed E-state index contributed by atoms with van der Waals surface area (Å²) in [6.07, 6.45) is 2.90. The van der Waals surface area contributed by atoms with Crippen molar-refractivity contribution in [1.29, 1.82) is 0 Å². The molecule has 1 aliphatic rings. The number of rotatable bonds is 7. The number of benzene rings is 1. The fourth-order valence-electron chi connectivity index (χ4n) is 4.18. The van der Waals surface area contributed by atoms with Crippen LogP contribution < -0.4 is 0 Å². The van der Waals surface area contributed by atoms with Crippen molar-refractivity contribution in [3.8, 4) is 11.1 Å². The summed E-state index contributed by atoms with van der Waals surface area (Å²) in [5.74, 6) is -0.0267. The van der Waals surface area contributed by atoms with Gasteiger partial charge in [0.15, 0.2) is 8.32 Å². The van der Waals surface area contributed by atoms with Gasteiger partial charge in [0.25, 0.3) is 0 Å². The lowest BCUT2D eigenvalue weighted by Crippen LogP contribution is -2.42. The third kappa shape index (κ3) is 5.14. The highest BCUT2D eigenvalue weighted by atomic mass is 28.4. The summed E-state index contributed by atoms with van der Waals surface area (Å²) in [4.78, 5) is 15.5. The molecule has 1 atom stereocenters. The number of hydrogen-bond donors (Lipinski definition) is 0. The second-order valence-corrected chi connectivity index (χ2v) is 15.3. The van der Waals surface area contributed by atoms with Crippen molar-refractivity contribution < 1.29 is 18.6 Å². The summed E-state index contributed by atoms with van der Waals surface area (Å²) < 4.78 is 20.8. The van der Waals surface area contributed by atoms with E-state index in [1.807, 2.05) is 12.1 Å². The van der Waals surface area contributed by atoms with Crippen LogP contribution in [-0.2, 0) is 27.2 Å². The predicted octanol–water partition coefficient (Wildman–Crippen LogP) is 7.49. The van der Waals surface area contributed by atoms with E-state index in [9.17, 15) is 4.39 Å². The van der Waals surface area contributed by atoms with Gasteiger partial charge in [-0.25, -0.2) is 14.2 Å². The average Bonchev–Trinajstić information content (AvgIpc) is 2.71. The van der Waals surface area contributed by atoms with Crippen LogP contribution in [0.25, 0.3) is 11.1 Å². The van der Waals surface area contributed by atoms with Crippen LogP contribution in [0.5, 0.6) is 0 Å². The van der Waals surface area contributed by atoms with Gasteiger partial charge in [0, 0.05) is 22.5 Å². The second kappa shape index (κ2) is 9.72. The van der Waals surface area contributed by atoms with Crippen LogP contribution in [0.15, 0.2) is 24.3 Å². The van der Waals surface area contributed by atoms with Crippen LogP contribution in [0, 0.1) is 5.82 Å². The lowest BCUT2D eigenvalue weighted by Gasteiger charge is -2.41. The molecule has 3 rings (SSSR count). The van der Waals surface area contributed by atoms with Crippen molar-refractivity contribution in [2.24, 2.45) is 0 Å². The maximum atomic E-state index is 13.8. The van der Waals surface area contributed by atoms with Gasteiger partial charge >= 0.3 is 0 Å². The van der Waals surface area contributed by atoms with Gasteiger partial charge in [-0.05, 0) is 66.6 Å². The van der Waals surface area contributed by atoms with E-state index in [-0.39, 0.29) is 29.5 Å². The van der Waals surface area contributed by atoms with Gasteiger partial charge in [0.05, 0.1) is 13.2 Å². The van der Waals surface area contributed by atoms with E-state index in [0.29, 0.717) is 0 Å². The quantitative estimate of drug-likeness (QED) is 0.244. The molecule has 1 unspecified atom stereocenters. The first-order chi connectivity index (χ1) is 15.0. The Bertz CT molecular complexity index is 936. The molecule has 0 amide bonds. The minimum Gasteiger partial charge on any atom is -0.410 e. The zero-order valence-electron chi connectivity index (χ0n) is 20.8. The molecular weight excluding hydrogens is 421 g/mol. The predicted molar refractivity (Wildman–Crippen MR) is 129 cm³/mol. The zero-order valence-corrected chi connectivity index (χ0v) is 21.8. The lowest BCUT2D eigenvalue weighted by molar-refractivity contribution is -0.282. The molecule has 1 heterocycles. The van der Waals surface area contributed by atoms with Crippen LogP contribution in [0.3, 0.4) is 0 Å². The van der Waals surface area contributed by atoms with Crippen LogP contribution in [0.4, 0.5) is 4.39 Å². The first kappa shape index (κ1) is 25.0. The van der Waals surface area contributed by atoms with Crippen molar-refractivity contribution in [2.75, 3.05) is 7.11 Å². The average molecular weight is 460 g/mol. The first-order valence-corrected chi connectivity index (χ1v) is 14.5. The van der Waals surface area contributed by atoms with E-state index in [0.717, 1.165) is 52.9 Å². The molecule has 1 aromatic carbocycles. The maximum Gasteiger partial charge on any atom is 0.192 e. The van der Waals surface area contributed by atoms with E-state index < -0.39 is 8.32 Å². The molecule has 2 aromatic rings. The Morgan fingerprint density at radius 2 is 1.81 bits per heavy atom. The summed E-state index contributed by atoms with van der Waals surface area (Å²) >= 11 is 0. The molecule has 4 nitrogen and oxygen atoms in total. The third-order valence-electron chi connectivity index (χ3n) is 6.89. The highest BCUT2D eigenvalue weighted by Gasteiger charge is 2.41. The molecule has 0 radical (unpaired) electrons. The maximum absolute atomic E-state index is 13.8. The molecule has 0 fully saturated rings. The molecular formula is C26H38FNO3Si. The fraction of sp³-hybridized carbons (Fsp3) is 0.577. The van der Waals surface area contributed by atoms with Crippen LogP contribution in [0.2, 0.25) is 18.1 Å². The van der Waals surface area contributed by atoms with E-state index in [1.165, 1.54) is 19.2 Å². The molecule has 0 spiro atoms. The number of halogens is 1. The van der Waals surface area contributed by atoms with Crippen molar-refractivity contribution in [3.63, 3.8) is 0 Å². The smallest absolute Gasteiger partial charge is 0.192 e. The molecule has 0 aliphatic heterocycles. The third-order valence-corrected chi connectivity index (χ3v) is 11.4. The number of fused-ring (bicyclic) bond motifs is 1. The second-order valence-electron chi connectivity index (χ2n) is 10.6. The number of pyridine rings is 1. The first-order valence-electron chi connectivity index (χ1n) is 11.6. The Morgan fingerprint density at radius 3 is 2.38 bits per heavy atom. The number of aromatic nitrogens is 1. The van der Waals surface area contributed by atoms with E-state index in [4.69, 9.17) is 19.2 Å². The number of nitrogens with zero attached hydrogens (tertiary/aromatic N) is 1. The zero-order chi connectivity index (χ0) is 23.7. The number of hydrogen-bond acceptors (Lipinski definition) is 4. The topological polar surface area (TPSA) is 40.6 Å². The monoisotopic (exact) mass is 459 g/mol. The van der Waals surface area contributed by atoms with Crippen LogP contribution in [-0.4, -0.2) is 20.4 Å². The lowest BCUT2D eigenvalue weighted by atomic mass is 9.83. The summed E-state index contributed by atoms with van der Waals surface area (Å²) in [6, 6.07) is 6.74. The standard InChI is InChI=1S/C26H38FNO3Si/c1-17(2)25-20(16-30-29-6)23(18-12-14-19(27)15-13-18)24-21(28-25)10-9-11-22(24)31-32(7,8)26(3,4)5/h12-15,17,22H,9-11,16H2,1-8H3. The fourth-order valence-corrected chi connectivity index (χ4v) is 5.48. The van der Waals surface area contributed by atoms with Gasteiger partial charge < -0.3 is 4.43 Å². The van der Waals surface area contributed by atoms with Crippen molar-refractivity contribution in [1.82, 2.24) is 4.98 Å². The van der Waals surface area contributed by atoms with Gasteiger partial charge in [-0.2, -0.15) is 0 Å². The Labute approximate surface area is 193 Å². The molecule has 0 saturated heterocycles. The minimum absolute atomic E-state index is 0.0327. The summed E-state index contributed by atoms with van der Waals surface area (Å²) in [5.41, 5.74) is 6.29. The van der Waals surface area contributed by atoms with E-state index >= 15 is 0 Å². The molecule has 0 bridgehead atoms. The van der Waals surface area contributed by atoms with Gasteiger partial charge in [-0.1, -0.05) is 46.8 Å². The minimum atomic E-state index is -2.02. The highest BCUT2D eigenvalue weighted by Crippen LogP contribution is 2.47. The van der Waals surface area contributed by atoms with Crippen LogP contribution >= 0.6 is 0 Å². The normalized spacial score (nSPS) is 17.0. The van der Waals surface area contributed by atoms with Gasteiger partial charge in [-0.15, -0.1) is 0 Å². The molecule has 0 N–H and O–H groups in total. The molecule has 6 heteroatoms. The molecule has 176 valence electrons. The van der Waals surface area contributed by atoms with Crippen molar-refractivity contribution in [3.05, 3.63) is 52.6 Å². The Hall–Kier alpha value is -1.60. The summed E-state index contributed by atoms with van der Waals surface area (Å²) in [6.45, 7) is 16.0. The molecule has 32 heavy (non-hydrogen) atoms. The van der Waals surface area contributed by atoms with Gasteiger partial charge in [-0.3, -0.25) is 4.98 Å². The van der Waals surface area contributed by atoms with Gasteiger partial charge in [0.2, 0.25) is 0 Å². The van der Waals surface area contributed by atoms with Gasteiger partial charge in [0.1, 0.15) is 12.4 Å². The largest absolute Gasteiger partial charge is 0.410 e. The molecule has 1 aromatic heterocycles. The summed E-state index contributed by atoms with van der Waals surface area (Å²) in [5, 5.41) is 0.105. The highest BCUT2D eigenvalue weighted by molar-refractivity contribution is 6.74. The SMILES string of the molecule is COOCc1c(C(C)C)nc2c(c1-c1ccc(F)cc1)C(O[Si](C)(C)C(C)(C)C)CCC2. The Morgan fingerprint density at radius 1 is 1.16 bits per heavy atom. The van der Waals surface area contributed by atoms with E-state index in [2.05, 4.69) is 47.7 Å². The van der Waals surface area contributed by atoms with Crippen LogP contribution in [0.1, 0.15) is 82.0 Å². The van der Waals surface area contributed by atoms with Crippen molar-refractivity contribution >= 4 is 8.32 Å². The van der Waals surface area contributed by atoms with E-state index in [1.54, 1.807) is 0 Å². The Kier molecular flexibility index (Phi) is 7.60. The molecule has 1 aliphatic carbocycles. The van der Waals surface area contributed by atoms with Crippen molar-refractivity contribution in [2.45, 2.75) is 90.6 Å².